The highest BCUT2D eigenvalue weighted by molar-refractivity contribution is 7.09. The monoisotopic (exact) mass is 423 g/mol. The van der Waals surface area contributed by atoms with Crippen molar-refractivity contribution < 1.29 is 9.59 Å². The van der Waals surface area contributed by atoms with Crippen molar-refractivity contribution in [1.82, 2.24) is 14.8 Å². The van der Waals surface area contributed by atoms with Gasteiger partial charge >= 0.3 is 0 Å². The van der Waals surface area contributed by atoms with E-state index in [0.29, 0.717) is 31.2 Å². The zero-order valence-electron chi connectivity index (χ0n) is 17.9. The maximum Gasteiger partial charge on any atom is 0.271 e. The summed E-state index contributed by atoms with van der Waals surface area (Å²) in [7, 11) is 0. The van der Waals surface area contributed by atoms with E-state index in [0.717, 1.165) is 23.7 Å². The molecule has 5 nitrogen and oxygen atoms in total. The molecule has 4 rings (SSSR count). The molecule has 1 N–H and O–H groups in total. The molecule has 0 saturated carbocycles. The van der Waals surface area contributed by atoms with E-state index in [2.05, 4.69) is 25.2 Å². The van der Waals surface area contributed by atoms with E-state index in [-0.39, 0.29) is 11.8 Å². The molecule has 0 unspecified atom stereocenters. The van der Waals surface area contributed by atoms with Gasteiger partial charge in [-0.25, -0.2) is 0 Å². The Morgan fingerprint density at radius 1 is 1.23 bits per heavy atom. The molecule has 0 saturated heterocycles. The predicted molar refractivity (Wildman–Crippen MR) is 122 cm³/mol. The number of nitrogens with one attached hydrogen (secondary N) is 1. The number of aromatic nitrogens is 1. The second kappa shape index (κ2) is 8.26. The lowest BCUT2D eigenvalue weighted by molar-refractivity contribution is -0.132. The van der Waals surface area contributed by atoms with Crippen LogP contribution in [0.25, 0.3) is 10.9 Å². The van der Waals surface area contributed by atoms with Crippen LogP contribution in [0, 0.1) is 5.92 Å². The molecule has 30 heavy (non-hydrogen) atoms. The molecule has 2 amide bonds. The summed E-state index contributed by atoms with van der Waals surface area (Å²) in [6.45, 7) is 7.79. The maximum atomic E-state index is 13.6. The number of nitrogens with zero attached hydrogens (tertiary/aromatic N) is 2. The van der Waals surface area contributed by atoms with Gasteiger partial charge in [0.2, 0.25) is 5.91 Å². The minimum absolute atomic E-state index is 0.0736. The van der Waals surface area contributed by atoms with Crippen LogP contribution in [-0.4, -0.2) is 39.9 Å². The minimum atomic E-state index is -0.930. The quantitative estimate of drug-likeness (QED) is 0.615. The van der Waals surface area contributed by atoms with E-state index in [1.165, 1.54) is 4.88 Å². The van der Waals surface area contributed by atoms with Gasteiger partial charge in [-0.3, -0.25) is 9.59 Å². The molecule has 0 bridgehead atoms. The molecule has 1 aliphatic rings. The van der Waals surface area contributed by atoms with E-state index >= 15 is 0 Å². The topological polar surface area (TPSA) is 54.3 Å². The first-order valence-corrected chi connectivity index (χ1v) is 11.5. The van der Waals surface area contributed by atoms with Crippen molar-refractivity contribution in [2.75, 3.05) is 13.1 Å². The Hall–Kier alpha value is -2.60. The number of rotatable bonds is 7. The summed E-state index contributed by atoms with van der Waals surface area (Å²) in [6.07, 6.45) is 1.67. The number of thiophene rings is 1. The van der Waals surface area contributed by atoms with E-state index in [4.69, 9.17) is 0 Å². The molecule has 0 aliphatic carbocycles. The molecule has 0 radical (unpaired) electrons. The molecule has 2 aromatic heterocycles. The van der Waals surface area contributed by atoms with E-state index in [1.807, 2.05) is 53.3 Å². The molecule has 6 heteroatoms. The normalized spacial score (nSPS) is 18.8. The average molecular weight is 424 g/mol. The standard InChI is InChI=1S/C24H29N3O2S/c1-17(2)10-12-25-23(29)24(3)16-26-20-9-5-4-7-18(20)15-21(26)22(28)27(24)13-11-19-8-6-14-30-19/h4-9,14-15,17H,10-13,16H2,1-3H3,(H,25,29)/t24-/m0/s1. The van der Waals surface area contributed by atoms with Crippen LogP contribution < -0.4 is 5.32 Å². The molecule has 158 valence electrons. The van der Waals surface area contributed by atoms with Crippen LogP contribution >= 0.6 is 11.3 Å². The van der Waals surface area contributed by atoms with Crippen molar-refractivity contribution in [2.24, 2.45) is 5.92 Å². The van der Waals surface area contributed by atoms with E-state index in [9.17, 15) is 9.59 Å². The zero-order chi connectivity index (χ0) is 21.3. The Morgan fingerprint density at radius 2 is 2.03 bits per heavy atom. The number of amides is 2. The Morgan fingerprint density at radius 3 is 2.77 bits per heavy atom. The van der Waals surface area contributed by atoms with Gasteiger partial charge in [0.25, 0.3) is 5.91 Å². The van der Waals surface area contributed by atoms with Crippen LogP contribution in [0.4, 0.5) is 0 Å². The summed E-state index contributed by atoms with van der Waals surface area (Å²) in [5.41, 5.74) is 0.731. The first-order valence-electron chi connectivity index (χ1n) is 10.6. The summed E-state index contributed by atoms with van der Waals surface area (Å²) in [5, 5.41) is 6.17. The number of para-hydroxylation sites is 1. The van der Waals surface area contributed by atoms with Gasteiger partial charge in [0.1, 0.15) is 11.2 Å². The molecular weight excluding hydrogens is 394 g/mol. The highest BCUT2D eigenvalue weighted by Crippen LogP contribution is 2.32. The summed E-state index contributed by atoms with van der Waals surface area (Å²) in [5.74, 6) is 0.364. The van der Waals surface area contributed by atoms with Crippen molar-refractivity contribution >= 4 is 34.1 Å². The lowest BCUT2D eigenvalue weighted by atomic mass is 9.94. The van der Waals surface area contributed by atoms with Gasteiger partial charge in [0.15, 0.2) is 0 Å². The number of fused-ring (bicyclic) bond motifs is 3. The second-order valence-corrected chi connectivity index (χ2v) is 9.71. The van der Waals surface area contributed by atoms with Gasteiger partial charge in [-0.2, -0.15) is 0 Å². The van der Waals surface area contributed by atoms with Crippen molar-refractivity contribution in [2.45, 2.75) is 45.7 Å². The van der Waals surface area contributed by atoms with Gasteiger partial charge in [-0.1, -0.05) is 38.1 Å². The van der Waals surface area contributed by atoms with Crippen LogP contribution in [-0.2, 0) is 17.8 Å². The summed E-state index contributed by atoms with van der Waals surface area (Å²) >= 11 is 1.68. The number of carbonyl (C=O) groups excluding carboxylic acids is 2. The first kappa shape index (κ1) is 20.7. The number of hydrogen-bond acceptors (Lipinski definition) is 3. The number of carbonyl (C=O) groups is 2. The van der Waals surface area contributed by atoms with Gasteiger partial charge in [-0.05, 0) is 49.3 Å². The fourth-order valence-corrected chi connectivity index (χ4v) is 4.90. The Balaban J connectivity index is 1.68. The average Bonchev–Trinajstić information content (AvgIpc) is 3.35. The third-order valence-corrected chi connectivity index (χ3v) is 6.93. The third-order valence-electron chi connectivity index (χ3n) is 5.99. The molecule has 0 fully saturated rings. The first-order chi connectivity index (χ1) is 14.4. The molecular formula is C24H29N3O2S. The fourth-order valence-electron chi connectivity index (χ4n) is 4.20. The Kier molecular flexibility index (Phi) is 5.69. The predicted octanol–water partition coefficient (Wildman–Crippen LogP) is 4.32. The van der Waals surface area contributed by atoms with Crippen molar-refractivity contribution in [3.63, 3.8) is 0 Å². The molecule has 1 aromatic carbocycles. The van der Waals surface area contributed by atoms with Crippen LogP contribution in [0.1, 0.15) is 42.6 Å². The summed E-state index contributed by atoms with van der Waals surface area (Å²) in [6, 6.07) is 14.0. The number of benzene rings is 1. The zero-order valence-corrected chi connectivity index (χ0v) is 18.7. The lowest BCUT2D eigenvalue weighted by Gasteiger charge is -2.44. The van der Waals surface area contributed by atoms with Gasteiger partial charge in [0.05, 0.1) is 6.54 Å². The smallest absolute Gasteiger partial charge is 0.271 e. The Labute approximate surface area is 181 Å². The molecule has 0 spiro atoms. The van der Waals surface area contributed by atoms with Crippen molar-refractivity contribution in [3.8, 4) is 0 Å². The van der Waals surface area contributed by atoms with Crippen LogP contribution in [0.15, 0.2) is 47.8 Å². The van der Waals surface area contributed by atoms with Gasteiger partial charge in [-0.15, -0.1) is 11.3 Å². The maximum absolute atomic E-state index is 13.6. The molecule has 3 aromatic rings. The largest absolute Gasteiger partial charge is 0.354 e. The fraction of sp³-hybridized carbons (Fsp3) is 0.417. The second-order valence-electron chi connectivity index (χ2n) is 8.67. The van der Waals surface area contributed by atoms with Crippen LogP contribution in [0.3, 0.4) is 0 Å². The van der Waals surface area contributed by atoms with Crippen molar-refractivity contribution in [1.29, 1.82) is 0 Å². The summed E-state index contributed by atoms with van der Waals surface area (Å²) in [4.78, 5) is 29.9. The molecule has 1 aliphatic heterocycles. The van der Waals surface area contributed by atoms with E-state index in [1.54, 1.807) is 16.2 Å². The third kappa shape index (κ3) is 3.76. The minimum Gasteiger partial charge on any atom is -0.354 e. The SMILES string of the molecule is CC(C)CCNC(=O)[C@]1(C)Cn2c(cc3ccccc32)C(=O)N1CCc1cccs1. The highest BCUT2D eigenvalue weighted by atomic mass is 32.1. The van der Waals surface area contributed by atoms with Crippen LogP contribution in [0.5, 0.6) is 0 Å². The van der Waals surface area contributed by atoms with E-state index < -0.39 is 5.54 Å². The van der Waals surface area contributed by atoms with Crippen LogP contribution in [0.2, 0.25) is 0 Å². The lowest BCUT2D eigenvalue weighted by Crippen LogP contribution is -2.64. The van der Waals surface area contributed by atoms with Gasteiger partial charge < -0.3 is 14.8 Å². The van der Waals surface area contributed by atoms with Crippen molar-refractivity contribution in [3.05, 3.63) is 58.4 Å². The number of hydrogen-bond donors (Lipinski definition) is 1. The molecule has 1 atom stereocenters. The summed E-state index contributed by atoms with van der Waals surface area (Å²) < 4.78 is 2.02. The molecule has 3 heterocycles. The highest BCUT2D eigenvalue weighted by Gasteiger charge is 2.47. The van der Waals surface area contributed by atoms with Gasteiger partial charge in [0, 0.05) is 28.9 Å². The Bertz CT molecular complexity index is 1050.